The van der Waals surface area contributed by atoms with E-state index in [1.165, 1.54) is 32.4 Å². The van der Waals surface area contributed by atoms with Gasteiger partial charge in [0.1, 0.15) is 0 Å². The van der Waals surface area contributed by atoms with Gasteiger partial charge in [-0.2, -0.15) is 0 Å². The number of ether oxygens (including phenoxy) is 1. The Bertz CT molecular complexity index is 225. The van der Waals surface area contributed by atoms with Crippen LogP contribution in [0.15, 0.2) is 0 Å². The fourth-order valence-corrected chi connectivity index (χ4v) is 3.62. The third-order valence-corrected chi connectivity index (χ3v) is 4.38. The molecule has 0 aromatic rings. The molecule has 0 aromatic heterocycles. The van der Waals surface area contributed by atoms with Gasteiger partial charge in [-0.25, -0.2) is 0 Å². The van der Waals surface area contributed by atoms with E-state index in [2.05, 4.69) is 32.8 Å². The average molecular weight is 305 g/mol. The third kappa shape index (κ3) is 4.51. The summed E-state index contributed by atoms with van der Waals surface area (Å²) in [5.41, 5.74) is 0. The lowest BCUT2D eigenvalue weighted by Crippen LogP contribution is -2.48. The number of hydrogen-bond donors (Lipinski definition) is 0. The molecule has 0 N–H and O–H groups in total. The second-order valence-corrected chi connectivity index (χ2v) is 6.29. The van der Waals surface area contributed by atoms with Gasteiger partial charge in [-0.05, 0) is 38.8 Å². The molecule has 2 fully saturated rings. The molecular weight excluding hydrogens is 280 g/mol. The molecule has 0 aliphatic carbocycles. The monoisotopic (exact) mass is 304 g/mol. The largest absolute Gasteiger partial charge is 0.374 e. The lowest BCUT2D eigenvalue weighted by molar-refractivity contribution is -0.0404. The highest BCUT2D eigenvalue weighted by Gasteiger charge is 2.24. The molecule has 0 spiro atoms. The Hall–Kier alpha value is 0.360. The number of halogens is 1. The van der Waals surface area contributed by atoms with E-state index in [1.54, 1.807) is 0 Å². The first-order valence-electron chi connectivity index (χ1n) is 6.86. The SMILES string of the molecule is CN1CCOC(CN2CCCC(CCBr)C2)C1. The summed E-state index contributed by atoms with van der Waals surface area (Å²) < 4.78 is 5.85. The lowest BCUT2D eigenvalue weighted by Gasteiger charge is -2.37. The van der Waals surface area contributed by atoms with Crippen LogP contribution in [0.4, 0.5) is 0 Å². The molecule has 4 heteroatoms. The molecule has 3 nitrogen and oxygen atoms in total. The van der Waals surface area contributed by atoms with Crippen molar-refractivity contribution in [2.45, 2.75) is 25.4 Å². The van der Waals surface area contributed by atoms with Crippen LogP contribution < -0.4 is 0 Å². The predicted molar refractivity (Wildman–Crippen MR) is 74.8 cm³/mol. The lowest BCUT2D eigenvalue weighted by atomic mass is 9.95. The molecule has 2 unspecified atom stereocenters. The van der Waals surface area contributed by atoms with E-state index in [9.17, 15) is 0 Å². The molecule has 2 rings (SSSR count). The molecule has 0 amide bonds. The molecule has 100 valence electrons. The Morgan fingerprint density at radius 3 is 2.94 bits per heavy atom. The van der Waals surface area contributed by atoms with E-state index in [0.717, 1.165) is 37.5 Å². The minimum Gasteiger partial charge on any atom is -0.374 e. The summed E-state index contributed by atoms with van der Waals surface area (Å²) in [6.45, 7) is 6.75. The number of alkyl halides is 1. The minimum absolute atomic E-state index is 0.427. The van der Waals surface area contributed by atoms with E-state index in [0.29, 0.717) is 6.10 Å². The molecule has 2 aliphatic rings. The van der Waals surface area contributed by atoms with Gasteiger partial charge in [0.15, 0.2) is 0 Å². The molecule has 2 heterocycles. The Balaban J connectivity index is 1.74. The van der Waals surface area contributed by atoms with Crippen LogP contribution in [0.5, 0.6) is 0 Å². The second-order valence-electron chi connectivity index (χ2n) is 5.50. The van der Waals surface area contributed by atoms with Gasteiger partial charge in [-0.3, -0.25) is 0 Å². The minimum atomic E-state index is 0.427. The third-order valence-electron chi connectivity index (χ3n) is 3.92. The zero-order valence-electron chi connectivity index (χ0n) is 10.9. The quantitative estimate of drug-likeness (QED) is 0.737. The topological polar surface area (TPSA) is 15.7 Å². The van der Waals surface area contributed by atoms with E-state index >= 15 is 0 Å². The van der Waals surface area contributed by atoms with Crippen molar-refractivity contribution in [2.24, 2.45) is 5.92 Å². The van der Waals surface area contributed by atoms with Crippen LogP contribution in [0, 0.1) is 5.92 Å². The number of nitrogens with zero attached hydrogens (tertiary/aromatic N) is 2. The summed E-state index contributed by atoms with van der Waals surface area (Å²) in [4.78, 5) is 4.99. The van der Waals surface area contributed by atoms with Gasteiger partial charge < -0.3 is 14.5 Å². The summed E-state index contributed by atoms with van der Waals surface area (Å²) in [5.74, 6) is 0.893. The maximum absolute atomic E-state index is 5.85. The molecular formula is C13H25BrN2O. The standard InChI is InChI=1S/C13H25BrN2O/c1-15-7-8-17-13(10-15)11-16-6-2-3-12(9-16)4-5-14/h12-13H,2-11H2,1H3. The second kappa shape index (κ2) is 7.07. The number of hydrogen-bond acceptors (Lipinski definition) is 3. The van der Waals surface area contributed by atoms with Crippen LogP contribution in [-0.4, -0.2) is 67.6 Å². The van der Waals surface area contributed by atoms with Crippen molar-refractivity contribution in [1.29, 1.82) is 0 Å². The number of rotatable bonds is 4. The fraction of sp³-hybridized carbons (Fsp3) is 1.00. The summed E-state index contributed by atoms with van der Waals surface area (Å²) in [6.07, 6.45) is 4.52. The highest BCUT2D eigenvalue weighted by atomic mass is 79.9. The van der Waals surface area contributed by atoms with E-state index in [4.69, 9.17) is 4.74 Å². The Morgan fingerprint density at radius 1 is 1.29 bits per heavy atom. The highest BCUT2D eigenvalue weighted by molar-refractivity contribution is 9.09. The van der Waals surface area contributed by atoms with Crippen molar-refractivity contribution in [3.63, 3.8) is 0 Å². The predicted octanol–water partition coefficient (Wildman–Crippen LogP) is 1.81. The summed E-state index contributed by atoms with van der Waals surface area (Å²) >= 11 is 3.56. The van der Waals surface area contributed by atoms with E-state index in [1.807, 2.05) is 0 Å². The molecule has 0 saturated carbocycles. The van der Waals surface area contributed by atoms with Crippen molar-refractivity contribution in [3.8, 4) is 0 Å². The number of likely N-dealkylation sites (N-methyl/N-ethyl adjacent to an activating group) is 1. The van der Waals surface area contributed by atoms with Crippen molar-refractivity contribution >= 4 is 15.9 Å². The number of morpholine rings is 1. The van der Waals surface area contributed by atoms with E-state index in [-0.39, 0.29) is 0 Å². The normalized spacial score (nSPS) is 32.8. The molecule has 17 heavy (non-hydrogen) atoms. The Labute approximate surface area is 114 Å². The van der Waals surface area contributed by atoms with E-state index < -0.39 is 0 Å². The van der Waals surface area contributed by atoms with Crippen LogP contribution in [0.25, 0.3) is 0 Å². The number of piperidine rings is 1. The first kappa shape index (κ1) is 13.8. The fourth-order valence-electron chi connectivity index (χ4n) is 2.97. The molecule has 0 bridgehead atoms. The van der Waals surface area contributed by atoms with Gasteiger partial charge in [0.2, 0.25) is 0 Å². The zero-order valence-corrected chi connectivity index (χ0v) is 12.5. The van der Waals surface area contributed by atoms with Gasteiger partial charge in [0.05, 0.1) is 12.7 Å². The molecule has 2 atom stereocenters. The van der Waals surface area contributed by atoms with Crippen molar-refractivity contribution in [3.05, 3.63) is 0 Å². The van der Waals surface area contributed by atoms with Gasteiger partial charge in [0.25, 0.3) is 0 Å². The Morgan fingerprint density at radius 2 is 2.18 bits per heavy atom. The summed E-state index contributed by atoms with van der Waals surface area (Å²) in [5, 5.41) is 1.15. The van der Waals surface area contributed by atoms with Crippen molar-refractivity contribution in [2.75, 3.05) is 51.7 Å². The van der Waals surface area contributed by atoms with Crippen LogP contribution in [-0.2, 0) is 4.74 Å². The molecule has 0 aromatic carbocycles. The van der Waals surface area contributed by atoms with Crippen molar-refractivity contribution in [1.82, 2.24) is 9.80 Å². The maximum Gasteiger partial charge on any atom is 0.0829 e. The van der Waals surface area contributed by atoms with Gasteiger partial charge in [-0.1, -0.05) is 15.9 Å². The Kier molecular flexibility index (Phi) is 5.74. The van der Waals surface area contributed by atoms with Crippen LogP contribution in [0.1, 0.15) is 19.3 Å². The highest BCUT2D eigenvalue weighted by Crippen LogP contribution is 2.21. The molecule has 2 saturated heterocycles. The van der Waals surface area contributed by atoms with Gasteiger partial charge >= 0.3 is 0 Å². The summed E-state index contributed by atoms with van der Waals surface area (Å²) in [7, 11) is 2.19. The van der Waals surface area contributed by atoms with Crippen LogP contribution in [0.2, 0.25) is 0 Å². The van der Waals surface area contributed by atoms with Gasteiger partial charge in [0, 0.05) is 31.5 Å². The first-order chi connectivity index (χ1) is 8.28. The van der Waals surface area contributed by atoms with Gasteiger partial charge in [-0.15, -0.1) is 0 Å². The molecule has 2 aliphatic heterocycles. The molecule has 0 radical (unpaired) electrons. The van der Waals surface area contributed by atoms with Crippen molar-refractivity contribution < 1.29 is 4.74 Å². The smallest absolute Gasteiger partial charge is 0.0829 e. The van der Waals surface area contributed by atoms with Crippen LogP contribution >= 0.6 is 15.9 Å². The first-order valence-corrected chi connectivity index (χ1v) is 7.98. The van der Waals surface area contributed by atoms with Crippen LogP contribution in [0.3, 0.4) is 0 Å². The summed E-state index contributed by atoms with van der Waals surface area (Å²) in [6, 6.07) is 0. The zero-order chi connectivity index (χ0) is 12.1. The number of likely N-dealkylation sites (tertiary alicyclic amines) is 1. The average Bonchev–Trinajstić information content (AvgIpc) is 2.30. The maximum atomic E-state index is 5.85.